The quantitative estimate of drug-likeness (QED) is 0.236. The van der Waals surface area contributed by atoms with Crippen LogP contribution in [0.4, 0.5) is 13.2 Å². The van der Waals surface area contributed by atoms with E-state index in [1.54, 1.807) is 0 Å². The van der Waals surface area contributed by atoms with Gasteiger partial charge < -0.3 is 4.74 Å². The lowest BCUT2D eigenvalue weighted by atomic mass is 10.0. The Morgan fingerprint density at radius 3 is 2.31 bits per heavy atom. The molecule has 3 rings (SSSR count). The predicted molar refractivity (Wildman–Crippen MR) is 119 cm³/mol. The second kappa shape index (κ2) is 9.97. The summed E-state index contributed by atoms with van der Waals surface area (Å²) in [5, 5.41) is 0. The Morgan fingerprint density at radius 2 is 1.74 bits per heavy atom. The molecule has 3 aromatic rings. The first kappa shape index (κ1) is 25.4. The number of hydrogen-bond acceptors (Lipinski definition) is 6. The van der Waals surface area contributed by atoms with Gasteiger partial charge in [0.25, 0.3) is 11.5 Å². The van der Waals surface area contributed by atoms with Crippen LogP contribution in [-0.2, 0) is 17.5 Å². The lowest BCUT2D eigenvalue weighted by Crippen LogP contribution is -2.42. The number of nitrogen functional groups attached to an aromatic ring is 1. The molecule has 0 saturated carbocycles. The van der Waals surface area contributed by atoms with Gasteiger partial charge in [0.05, 0.1) is 24.4 Å². The molecule has 2 aromatic carbocycles. The Labute approximate surface area is 196 Å². The fraction of sp³-hybridized carbons (Fsp3) is 0.217. The van der Waals surface area contributed by atoms with Gasteiger partial charge in [-0.05, 0) is 55.3 Å². The molecule has 0 fully saturated rings. The molecule has 35 heavy (non-hydrogen) atoms. The second-order valence-electron chi connectivity index (χ2n) is 7.41. The first-order chi connectivity index (χ1) is 16.5. The SMILES string of the molecule is CCOC(=O)c1cn(-c2ccc(C(=O)NN)cc2)c(=O)n(Cc2cccc(C(F)(F)F)c2C)c1=O. The molecule has 0 aliphatic heterocycles. The van der Waals surface area contributed by atoms with Crippen LogP contribution in [0.15, 0.2) is 58.3 Å². The molecular weight excluding hydrogens is 469 g/mol. The first-order valence-corrected chi connectivity index (χ1v) is 10.3. The van der Waals surface area contributed by atoms with Crippen molar-refractivity contribution < 1.29 is 27.5 Å². The Kier molecular flexibility index (Phi) is 7.25. The van der Waals surface area contributed by atoms with Crippen LogP contribution in [-0.4, -0.2) is 27.6 Å². The zero-order valence-electron chi connectivity index (χ0n) is 18.7. The van der Waals surface area contributed by atoms with E-state index in [1.807, 2.05) is 5.43 Å². The van der Waals surface area contributed by atoms with Gasteiger partial charge in [-0.2, -0.15) is 13.2 Å². The summed E-state index contributed by atoms with van der Waals surface area (Å²) < 4.78 is 46.6. The van der Waals surface area contributed by atoms with Crippen LogP contribution in [0.2, 0.25) is 0 Å². The van der Waals surface area contributed by atoms with Gasteiger partial charge in [-0.3, -0.25) is 24.1 Å². The van der Waals surface area contributed by atoms with Crippen molar-refractivity contribution in [2.75, 3.05) is 6.61 Å². The van der Waals surface area contributed by atoms with Crippen LogP contribution >= 0.6 is 0 Å². The number of aromatic nitrogens is 2. The number of carbonyl (C=O) groups excluding carboxylic acids is 2. The van der Waals surface area contributed by atoms with E-state index in [9.17, 15) is 32.3 Å². The monoisotopic (exact) mass is 490 g/mol. The van der Waals surface area contributed by atoms with Crippen molar-refractivity contribution >= 4 is 11.9 Å². The van der Waals surface area contributed by atoms with Crippen molar-refractivity contribution in [2.24, 2.45) is 5.84 Å². The summed E-state index contributed by atoms with van der Waals surface area (Å²) >= 11 is 0. The molecule has 0 radical (unpaired) electrons. The third-order valence-corrected chi connectivity index (χ3v) is 5.28. The maximum Gasteiger partial charge on any atom is 0.416 e. The topological polar surface area (TPSA) is 125 Å². The third kappa shape index (κ3) is 5.17. The molecule has 9 nitrogen and oxygen atoms in total. The molecule has 1 amide bonds. The van der Waals surface area contributed by atoms with Crippen molar-refractivity contribution in [1.82, 2.24) is 14.6 Å². The maximum atomic E-state index is 13.3. The highest BCUT2D eigenvalue weighted by molar-refractivity contribution is 5.93. The van der Waals surface area contributed by atoms with Crippen molar-refractivity contribution in [3.05, 3.63) is 97.3 Å². The fourth-order valence-electron chi connectivity index (χ4n) is 3.46. The number of nitrogens with zero attached hydrogens (tertiary/aromatic N) is 2. The van der Waals surface area contributed by atoms with E-state index in [4.69, 9.17) is 10.6 Å². The van der Waals surface area contributed by atoms with Crippen molar-refractivity contribution in [3.63, 3.8) is 0 Å². The van der Waals surface area contributed by atoms with Crippen LogP contribution < -0.4 is 22.5 Å². The van der Waals surface area contributed by atoms with Gasteiger partial charge >= 0.3 is 17.8 Å². The summed E-state index contributed by atoms with van der Waals surface area (Å²) in [7, 11) is 0. The van der Waals surface area contributed by atoms with Gasteiger partial charge in [0, 0.05) is 11.8 Å². The van der Waals surface area contributed by atoms with E-state index in [1.165, 1.54) is 50.2 Å². The number of rotatable bonds is 6. The van der Waals surface area contributed by atoms with Gasteiger partial charge in [0.1, 0.15) is 5.56 Å². The van der Waals surface area contributed by atoms with Crippen molar-refractivity contribution in [2.45, 2.75) is 26.6 Å². The number of alkyl halides is 3. The highest BCUT2D eigenvalue weighted by Gasteiger charge is 2.33. The minimum atomic E-state index is -4.63. The summed E-state index contributed by atoms with van der Waals surface area (Å²) in [5.74, 6) is 3.52. The molecule has 0 aliphatic carbocycles. The molecule has 3 N–H and O–H groups in total. The van der Waals surface area contributed by atoms with Crippen LogP contribution in [0.1, 0.15) is 44.3 Å². The lowest BCUT2D eigenvalue weighted by Gasteiger charge is -2.16. The normalized spacial score (nSPS) is 11.3. The van der Waals surface area contributed by atoms with E-state index >= 15 is 0 Å². The summed E-state index contributed by atoms with van der Waals surface area (Å²) in [5.41, 5.74) is -1.07. The molecule has 184 valence electrons. The molecule has 0 atom stereocenters. The summed E-state index contributed by atoms with van der Waals surface area (Å²) in [6.45, 7) is 2.19. The number of hydrogen-bond donors (Lipinski definition) is 2. The molecule has 0 spiro atoms. The van der Waals surface area contributed by atoms with Gasteiger partial charge in [-0.25, -0.2) is 15.4 Å². The molecular formula is C23H21F3N4O5. The smallest absolute Gasteiger partial charge is 0.416 e. The maximum absolute atomic E-state index is 13.3. The van der Waals surface area contributed by atoms with Crippen molar-refractivity contribution in [3.8, 4) is 5.69 Å². The lowest BCUT2D eigenvalue weighted by molar-refractivity contribution is -0.138. The third-order valence-electron chi connectivity index (χ3n) is 5.28. The number of benzene rings is 2. The van der Waals surface area contributed by atoms with E-state index < -0.39 is 47.0 Å². The van der Waals surface area contributed by atoms with Gasteiger partial charge in [-0.15, -0.1) is 0 Å². The average Bonchev–Trinajstić information content (AvgIpc) is 2.82. The number of carbonyl (C=O) groups is 2. The average molecular weight is 490 g/mol. The molecule has 0 saturated heterocycles. The highest BCUT2D eigenvalue weighted by atomic mass is 19.4. The largest absolute Gasteiger partial charge is 0.462 e. The second-order valence-corrected chi connectivity index (χ2v) is 7.41. The van der Waals surface area contributed by atoms with E-state index in [2.05, 4.69) is 0 Å². The first-order valence-electron chi connectivity index (χ1n) is 10.3. The minimum Gasteiger partial charge on any atom is -0.462 e. The zero-order chi connectivity index (χ0) is 25.9. The number of esters is 1. The van der Waals surface area contributed by atoms with E-state index in [0.29, 0.717) is 4.57 Å². The highest BCUT2D eigenvalue weighted by Crippen LogP contribution is 2.33. The number of halogens is 3. The number of nitrogens with one attached hydrogen (secondary N) is 1. The number of hydrazine groups is 1. The Balaban J connectivity index is 2.21. The minimum absolute atomic E-state index is 0.0486. The van der Waals surface area contributed by atoms with Crippen LogP contribution in [0.3, 0.4) is 0 Å². The zero-order valence-corrected chi connectivity index (χ0v) is 18.7. The fourth-order valence-corrected chi connectivity index (χ4v) is 3.46. The molecule has 0 unspecified atom stereocenters. The molecule has 1 heterocycles. The summed E-state index contributed by atoms with van der Waals surface area (Å²) in [6, 6.07) is 8.91. The van der Waals surface area contributed by atoms with E-state index in [0.717, 1.165) is 16.8 Å². The van der Waals surface area contributed by atoms with Crippen molar-refractivity contribution in [1.29, 1.82) is 0 Å². The summed E-state index contributed by atoms with van der Waals surface area (Å²) in [6.07, 6.45) is -3.63. The molecule has 12 heteroatoms. The number of amides is 1. The Morgan fingerprint density at radius 1 is 1.09 bits per heavy atom. The Bertz CT molecular complexity index is 1390. The predicted octanol–water partition coefficient (Wildman–Crippen LogP) is 2.15. The summed E-state index contributed by atoms with van der Waals surface area (Å²) in [4.78, 5) is 50.4. The van der Waals surface area contributed by atoms with Crippen LogP contribution in [0.25, 0.3) is 5.69 Å². The molecule has 0 bridgehead atoms. The molecule has 0 aliphatic rings. The van der Waals surface area contributed by atoms with Crippen LogP contribution in [0.5, 0.6) is 0 Å². The van der Waals surface area contributed by atoms with E-state index in [-0.39, 0.29) is 29.0 Å². The number of ether oxygens (including phenoxy) is 1. The van der Waals surface area contributed by atoms with Gasteiger partial charge in [0.15, 0.2) is 0 Å². The van der Waals surface area contributed by atoms with Gasteiger partial charge in [0.2, 0.25) is 0 Å². The Hall–Kier alpha value is -4.19. The standard InChI is InChI=1S/C23H21F3N4O5/c1-3-35-21(33)17-12-29(16-9-7-14(8-10-16)19(31)28-27)22(34)30(20(17)32)11-15-5-4-6-18(13(15)2)23(24,25)26/h4-10,12H,3,11,27H2,1-2H3,(H,28,31). The molecule has 1 aromatic heterocycles. The number of nitrogens with two attached hydrogens (primary N) is 1. The van der Waals surface area contributed by atoms with Crippen LogP contribution in [0, 0.1) is 6.92 Å². The van der Waals surface area contributed by atoms with Gasteiger partial charge in [-0.1, -0.05) is 12.1 Å².